The second-order valence-corrected chi connectivity index (χ2v) is 9.69. The first-order valence-corrected chi connectivity index (χ1v) is 12.6. The highest BCUT2D eigenvalue weighted by Crippen LogP contribution is 2.33. The number of nitrogens with one attached hydrogen (secondary N) is 1. The lowest BCUT2D eigenvalue weighted by Crippen LogP contribution is -2.44. The molecule has 8 nitrogen and oxygen atoms in total. The van der Waals surface area contributed by atoms with Gasteiger partial charge in [0.2, 0.25) is 5.95 Å². The summed E-state index contributed by atoms with van der Waals surface area (Å²) >= 11 is 0. The van der Waals surface area contributed by atoms with Crippen molar-refractivity contribution in [3.05, 3.63) is 86.2 Å². The van der Waals surface area contributed by atoms with Gasteiger partial charge in [0.15, 0.2) is 0 Å². The zero-order valence-electron chi connectivity index (χ0n) is 21.2. The molecular formula is C28H34N4O4. The fourth-order valence-corrected chi connectivity index (χ4v) is 4.78. The normalized spacial score (nSPS) is 14.9. The Morgan fingerprint density at radius 2 is 1.81 bits per heavy atom. The molecule has 0 aliphatic heterocycles. The van der Waals surface area contributed by atoms with E-state index in [-0.39, 0.29) is 19.0 Å². The molecule has 1 saturated carbocycles. The monoisotopic (exact) mass is 490 g/mol. The van der Waals surface area contributed by atoms with E-state index in [1.165, 1.54) is 49.3 Å². The number of methoxy groups -OCH3 is 1. The molecule has 1 fully saturated rings. The van der Waals surface area contributed by atoms with Gasteiger partial charge in [-0.05, 0) is 48.9 Å². The summed E-state index contributed by atoms with van der Waals surface area (Å²) in [6.45, 7) is 3.73. The van der Waals surface area contributed by atoms with Crippen LogP contribution in [0.15, 0.2) is 58.1 Å². The second kappa shape index (κ2) is 11.4. The lowest BCUT2D eigenvalue weighted by atomic mass is 9.84. The topological polar surface area (TPSA) is 95.2 Å². The number of nitrogens with zero attached hydrogens (tertiary/aromatic N) is 3. The molecule has 36 heavy (non-hydrogen) atoms. The number of anilines is 2. The van der Waals surface area contributed by atoms with Crippen LogP contribution in [0.5, 0.6) is 0 Å². The summed E-state index contributed by atoms with van der Waals surface area (Å²) in [5.74, 6) is -0.460. The molecule has 1 heterocycles. The third-order valence-electron chi connectivity index (χ3n) is 6.89. The molecule has 0 radical (unpaired) electrons. The van der Waals surface area contributed by atoms with Crippen LogP contribution in [0.4, 0.5) is 11.6 Å². The molecule has 0 saturated heterocycles. The summed E-state index contributed by atoms with van der Waals surface area (Å²) in [6.07, 6.45) is 6.11. The van der Waals surface area contributed by atoms with Crippen LogP contribution in [0.25, 0.3) is 0 Å². The van der Waals surface area contributed by atoms with E-state index in [2.05, 4.69) is 22.4 Å². The highest BCUT2D eigenvalue weighted by molar-refractivity contribution is 5.71. The average Bonchev–Trinajstić information content (AvgIpc) is 2.90. The molecule has 0 amide bonds. The van der Waals surface area contributed by atoms with Crippen LogP contribution in [0.1, 0.15) is 61.6 Å². The van der Waals surface area contributed by atoms with E-state index < -0.39 is 23.3 Å². The molecule has 3 aromatic rings. The van der Waals surface area contributed by atoms with E-state index in [1.807, 2.05) is 43.3 Å². The number of ether oxygens (including phenoxy) is 1. The maximum atomic E-state index is 13.5. The maximum absolute atomic E-state index is 13.5. The lowest BCUT2D eigenvalue weighted by molar-refractivity contribution is -0.145. The number of carbonyl (C=O) groups is 1. The standard InChI is InChI=1S/C28H34N4O4/c1-19-12-14-21(15-13-19)18-31-26(30-27(34)32(28(31)35)17-20(2)25(33)36-3)29-24-11-7-10-23(16-24)22-8-5-4-6-9-22/h7,10-16,20,22H,4-6,8-9,17-18H2,1-3H3,(H,29,30,34)/t20-/m0/s1. The summed E-state index contributed by atoms with van der Waals surface area (Å²) in [7, 11) is 1.28. The summed E-state index contributed by atoms with van der Waals surface area (Å²) in [6, 6.07) is 16.0. The van der Waals surface area contributed by atoms with E-state index in [0.717, 1.165) is 21.4 Å². The number of aryl methyl sites for hydroxylation is 1. The van der Waals surface area contributed by atoms with Gasteiger partial charge in [-0.15, -0.1) is 0 Å². The van der Waals surface area contributed by atoms with Gasteiger partial charge in [0.25, 0.3) is 0 Å². The second-order valence-electron chi connectivity index (χ2n) is 9.69. The molecule has 1 aromatic heterocycles. The minimum absolute atomic E-state index is 0.108. The van der Waals surface area contributed by atoms with Crippen LogP contribution in [0.3, 0.4) is 0 Å². The number of esters is 1. The molecule has 0 bridgehead atoms. The quantitative estimate of drug-likeness (QED) is 0.472. The van der Waals surface area contributed by atoms with Gasteiger partial charge in [-0.25, -0.2) is 14.2 Å². The van der Waals surface area contributed by atoms with Gasteiger partial charge in [0.1, 0.15) is 0 Å². The molecule has 4 rings (SSSR count). The Bertz CT molecular complexity index is 1320. The van der Waals surface area contributed by atoms with Crippen LogP contribution in [0, 0.1) is 12.8 Å². The van der Waals surface area contributed by atoms with Crippen LogP contribution in [-0.2, 0) is 22.6 Å². The van der Waals surface area contributed by atoms with Gasteiger partial charge < -0.3 is 10.1 Å². The van der Waals surface area contributed by atoms with Crippen molar-refractivity contribution in [1.29, 1.82) is 0 Å². The van der Waals surface area contributed by atoms with Crippen molar-refractivity contribution in [2.75, 3.05) is 12.4 Å². The third kappa shape index (κ3) is 5.93. The average molecular weight is 491 g/mol. The van der Waals surface area contributed by atoms with E-state index in [4.69, 9.17) is 4.74 Å². The Labute approximate surface area is 211 Å². The fourth-order valence-electron chi connectivity index (χ4n) is 4.78. The van der Waals surface area contributed by atoms with Crippen LogP contribution in [0.2, 0.25) is 0 Å². The molecule has 8 heteroatoms. The fraction of sp³-hybridized carbons (Fsp3) is 0.429. The van der Waals surface area contributed by atoms with Crippen LogP contribution >= 0.6 is 0 Å². The van der Waals surface area contributed by atoms with Gasteiger partial charge in [0, 0.05) is 12.2 Å². The van der Waals surface area contributed by atoms with Crippen molar-refractivity contribution in [3.8, 4) is 0 Å². The minimum atomic E-state index is -0.707. The van der Waals surface area contributed by atoms with Gasteiger partial charge in [-0.3, -0.25) is 9.36 Å². The highest BCUT2D eigenvalue weighted by Gasteiger charge is 2.21. The lowest BCUT2D eigenvalue weighted by Gasteiger charge is -2.22. The van der Waals surface area contributed by atoms with E-state index in [0.29, 0.717) is 5.92 Å². The van der Waals surface area contributed by atoms with Gasteiger partial charge >= 0.3 is 17.3 Å². The van der Waals surface area contributed by atoms with Gasteiger partial charge in [0.05, 0.1) is 19.6 Å². The Kier molecular flexibility index (Phi) is 8.03. The zero-order valence-corrected chi connectivity index (χ0v) is 21.2. The van der Waals surface area contributed by atoms with E-state index in [1.54, 1.807) is 6.92 Å². The number of carbonyl (C=O) groups excluding carboxylic acids is 1. The summed E-state index contributed by atoms with van der Waals surface area (Å²) < 4.78 is 7.22. The molecule has 1 N–H and O–H groups in total. The van der Waals surface area contributed by atoms with Crippen molar-refractivity contribution in [2.45, 2.75) is 65.0 Å². The molecular weight excluding hydrogens is 456 g/mol. The minimum Gasteiger partial charge on any atom is -0.469 e. The number of aromatic nitrogens is 3. The third-order valence-corrected chi connectivity index (χ3v) is 6.89. The maximum Gasteiger partial charge on any atom is 0.354 e. The molecule has 0 unspecified atom stereocenters. The van der Waals surface area contributed by atoms with Crippen LogP contribution < -0.4 is 16.7 Å². The number of benzene rings is 2. The van der Waals surface area contributed by atoms with E-state index in [9.17, 15) is 14.4 Å². The highest BCUT2D eigenvalue weighted by atomic mass is 16.5. The zero-order chi connectivity index (χ0) is 25.7. The van der Waals surface area contributed by atoms with Gasteiger partial charge in [-0.2, -0.15) is 4.98 Å². The summed E-state index contributed by atoms with van der Waals surface area (Å²) in [5.41, 5.74) is 2.81. The summed E-state index contributed by atoms with van der Waals surface area (Å²) in [5, 5.41) is 3.23. The van der Waals surface area contributed by atoms with Crippen LogP contribution in [-0.4, -0.2) is 27.2 Å². The Morgan fingerprint density at radius 1 is 1.08 bits per heavy atom. The smallest absolute Gasteiger partial charge is 0.354 e. The number of hydrogen-bond acceptors (Lipinski definition) is 6. The van der Waals surface area contributed by atoms with Gasteiger partial charge in [-0.1, -0.05) is 68.1 Å². The molecule has 1 aliphatic carbocycles. The van der Waals surface area contributed by atoms with Crippen molar-refractivity contribution in [2.24, 2.45) is 5.92 Å². The van der Waals surface area contributed by atoms with Crippen molar-refractivity contribution in [1.82, 2.24) is 14.1 Å². The van der Waals surface area contributed by atoms with Crippen molar-refractivity contribution < 1.29 is 9.53 Å². The molecule has 1 aliphatic rings. The Hall–Kier alpha value is -3.68. The predicted molar refractivity (Wildman–Crippen MR) is 140 cm³/mol. The largest absolute Gasteiger partial charge is 0.469 e. The SMILES string of the molecule is COC(=O)[C@@H](C)Cn1c(=O)nc(Nc2cccc(C3CCCCC3)c2)n(Cc2ccc(C)cc2)c1=O. The molecule has 2 aromatic carbocycles. The first kappa shape index (κ1) is 25.4. The number of hydrogen-bond donors (Lipinski definition) is 1. The molecule has 190 valence electrons. The van der Waals surface area contributed by atoms with E-state index >= 15 is 0 Å². The van der Waals surface area contributed by atoms with Crippen molar-refractivity contribution in [3.63, 3.8) is 0 Å². The predicted octanol–water partition coefficient (Wildman–Crippen LogP) is 4.36. The first-order chi connectivity index (χ1) is 17.4. The van der Waals surface area contributed by atoms with Crippen molar-refractivity contribution >= 4 is 17.6 Å². The molecule has 1 atom stereocenters. The molecule has 0 spiro atoms. The Morgan fingerprint density at radius 3 is 2.50 bits per heavy atom. The first-order valence-electron chi connectivity index (χ1n) is 12.6. The number of rotatable bonds is 8. The Balaban J connectivity index is 1.72. The summed E-state index contributed by atoms with van der Waals surface area (Å²) in [4.78, 5) is 42.6.